The molecular weight excluding hydrogens is 244 g/mol. The summed E-state index contributed by atoms with van der Waals surface area (Å²) < 4.78 is 38.6. The molecule has 0 unspecified atom stereocenters. The number of morpholine rings is 2. The van der Waals surface area contributed by atoms with Crippen LogP contribution < -0.4 is 0 Å². The molecule has 0 aromatic carbocycles. The van der Waals surface area contributed by atoms with E-state index in [1.54, 1.807) is 4.31 Å². The minimum absolute atomic E-state index is 0.0398. The Kier molecular flexibility index (Phi) is 4.04. The van der Waals surface area contributed by atoms with Crippen LogP contribution in [0.2, 0.25) is 0 Å². The van der Waals surface area contributed by atoms with Crippen molar-refractivity contribution in [3.05, 3.63) is 0 Å². The van der Waals surface area contributed by atoms with E-state index in [0.29, 0.717) is 39.5 Å². The largest absolute Gasteiger partial charge is 0.379 e. The Labute approximate surface area is 103 Å². The van der Waals surface area contributed by atoms with Crippen LogP contribution in [0, 0.1) is 0 Å². The molecule has 0 radical (unpaired) electrons. The number of rotatable bonds is 2. The number of hydrogen-bond acceptors (Lipinski definition) is 4. The molecular formula is C10H20N2O4S. The average molecular weight is 264 g/mol. The number of ether oxygens (including phenoxy) is 2. The summed E-state index contributed by atoms with van der Waals surface area (Å²) in [5, 5.41) is 0. The topological polar surface area (TPSA) is 59.1 Å². The molecule has 2 heterocycles. The first kappa shape index (κ1) is 13.2. The lowest BCUT2D eigenvalue weighted by Crippen LogP contribution is -2.56. The molecule has 17 heavy (non-hydrogen) atoms. The van der Waals surface area contributed by atoms with Crippen molar-refractivity contribution < 1.29 is 17.9 Å². The summed E-state index contributed by atoms with van der Waals surface area (Å²) in [5.74, 6) is 0. The summed E-state index contributed by atoms with van der Waals surface area (Å²) in [7, 11) is -3.36. The van der Waals surface area contributed by atoms with Crippen LogP contribution in [0.1, 0.15) is 13.8 Å². The zero-order valence-electron chi connectivity index (χ0n) is 10.3. The van der Waals surface area contributed by atoms with Gasteiger partial charge in [0, 0.05) is 25.7 Å². The van der Waals surface area contributed by atoms with Gasteiger partial charge in [-0.15, -0.1) is 0 Å². The predicted molar refractivity (Wildman–Crippen MR) is 62.9 cm³/mol. The van der Waals surface area contributed by atoms with E-state index in [2.05, 4.69) is 0 Å². The van der Waals surface area contributed by atoms with Gasteiger partial charge in [-0.1, -0.05) is 0 Å². The van der Waals surface area contributed by atoms with Gasteiger partial charge >= 0.3 is 0 Å². The highest BCUT2D eigenvalue weighted by Crippen LogP contribution is 2.19. The third-order valence-electron chi connectivity index (χ3n) is 3.14. The van der Waals surface area contributed by atoms with Gasteiger partial charge in [0.05, 0.1) is 25.9 Å². The second-order valence-corrected chi connectivity index (χ2v) is 6.46. The van der Waals surface area contributed by atoms with E-state index < -0.39 is 10.2 Å². The fraction of sp³-hybridized carbons (Fsp3) is 1.00. The maximum atomic E-state index is 12.4. The first-order chi connectivity index (χ1) is 8.01. The molecule has 7 heteroatoms. The zero-order chi connectivity index (χ0) is 12.5. The quantitative estimate of drug-likeness (QED) is 0.685. The van der Waals surface area contributed by atoms with Crippen molar-refractivity contribution in [3.63, 3.8) is 0 Å². The first-order valence-corrected chi connectivity index (χ1v) is 7.38. The molecule has 0 aromatic heterocycles. The van der Waals surface area contributed by atoms with E-state index in [1.807, 2.05) is 13.8 Å². The predicted octanol–water partition coefficient (Wildman–Crippen LogP) is -0.327. The highest BCUT2D eigenvalue weighted by Gasteiger charge is 2.37. The fourth-order valence-electron chi connectivity index (χ4n) is 2.12. The summed E-state index contributed by atoms with van der Waals surface area (Å²) >= 11 is 0. The van der Waals surface area contributed by atoms with Crippen molar-refractivity contribution in [2.24, 2.45) is 0 Å². The van der Waals surface area contributed by atoms with E-state index in [-0.39, 0.29) is 12.1 Å². The molecule has 0 bridgehead atoms. The number of nitrogens with zero attached hydrogens (tertiary/aromatic N) is 2. The SMILES string of the molecule is C[C@@H]1CN(S(=O)(=O)N2CCOCC2)[C@@H](C)CO1. The summed E-state index contributed by atoms with van der Waals surface area (Å²) in [5.41, 5.74) is 0. The van der Waals surface area contributed by atoms with Gasteiger partial charge in [-0.3, -0.25) is 0 Å². The van der Waals surface area contributed by atoms with Gasteiger partial charge in [0.1, 0.15) is 0 Å². The molecule has 0 amide bonds. The summed E-state index contributed by atoms with van der Waals surface area (Å²) in [6.45, 7) is 6.52. The average Bonchev–Trinajstić information content (AvgIpc) is 2.33. The van der Waals surface area contributed by atoms with Crippen LogP contribution in [-0.2, 0) is 19.7 Å². The Bertz CT molecular complexity index is 353. The maximum absolute atomic E-state index is 12.4. The Morgan fingerprint density at radius 1 is 1.18 bits per heavy atom. The van der Waals surface area contributed by atoms with Gasteiger partial charge in [0.25, 0.3) is 10.2 Å². The van der Waals surface area contributed by atoms with Crippen molar-refractivity contribution in [1.29, 1.82) is 0 Å². The molecule has 2 fully saturated rings. The van der Waals surface area contributed by atoms with Gasteiger partial charge < -0.3 is 9.47 Å². The van der Waals surface area contributed by atoms with Gasteiger partial charge in [0.2, 0.25) is 0 Å². The number of hydrogen-bond donors (Lipinski definition) is 0. The van der Waals surface area contributed by atoms with Crippen molar-refractivity contribution in [2.75, 3.05) is 39.5 Å². The maximum Gasteiger partial charge on any atom is 0.282 e. The molecule has 0 saturated carbocycles. The van der Waals surface area contributed by atoms with Crippen LogP contribution in [0.4, 0.5) is 0 Å². The minimum Gasteiger partial charge on any atom is -0.379 e. The van der Waals surface area contributed by atoms with Crippen LogP contribution in [0.15, 0.2) is 0 Å². The Morgan fingerprint density at radius 2 is 1.82 bits per heavy atom. The van der Waals surface area contributed by atoms with Crippen LogP contribution in [0.3, 0.4) is 0 Å². The molecule has 100 valence electrons. The van der Waals surface area contributed by atoms with E-state index in [9.17, 15) is 8.42 Å². The molecule has 0 aliphatic carbocycles. The second-order valence-electron chi connectivity index (χ2n) is 4.58. The summed E-state index contributed by atoms with van der Waals surface area (Å²) in [6, 6.07) is -0.0981. The van der Waals surface area contributed by atoms with Crippen LogP contribution >= 0.6 is 0 Å². The monoisotopic (exact) mass is 264 g/mol. The molecule has 2 atom stereocenters. The molecule has 0 aromatic rings. The van der Waals surface area contributed by atoms with Crippen LogP contribution in [-0.4, -0.2) is 68.6 Å². The highest BCUT2D eigenvalue weighted by atomic mass is 32.2. The molecule has 0 spiro atoms. The van der Waals surface area contributed by atoms with Gasteiger partial charge in [0.15, 0.2) is 0 Å². The van der Waals surface area contributed by atoms with Crippen molar-refractivity contribution in [2.45, 2.75) is 26.0 Å². The third kappa shape index (κ3) is 2.79. The standard InChI is InChI=1S/C10H20N2O4S/c1-9-8-16-10(2)7-12(9)17(13,14)11-3-5-15-6-4-11/h9-10H,3-8H2,1-2H3/t9-,10+/m0/s1. The normalized spacial score (nSPS) is 33.8. The lowest BCUT2D eigenvalue weighted by atomic mass is 10.2. The second kappa shape index (κ2) is 5.19. The van der Waals surface area contributed by atoms with E-state index in [4.69, 9.17) is 9.47 Å². The van der Waals surface area contributed by atoms with Crippen LogP contribution in [0.5, 0.6) is 0 Å². The Balaban J connectivity index is 2.12. The van der Waals surface area contributed by atoms with Crippen molar-refractivity contribution in [1.82, 2.24) is 8.61 Å². The smallest absolute Gasteiger partial charge is 0.282 e. The molecule has 2 saturated heterocycles. The fourth-order valence-corrected chi connectivity index (χ4v) is 3.94. The van der Waals surface area contributed by atoms with Crippen molar-refractivity contribution >= 4 is 10.2 Å². The van der Waals surface area contributed by atoms with Crippen LogP contribution in [0.25, 0.3) is 0 Å². The van der Waals surface area contributed by atoms with E-state index >= 15 is 0 Å². The van der Waals surface area contributed by atoms with Gasteiger partial charge in [-0.2, -0.15) is 17.0 Å². The molecule has 2 rings (SSSR count). The lowest BCUT2D eigenvalue weighted by Gasteiger charge is -2.39. The van der Waals surface area contributed by atoms with E-state index in [1.165, 1.54) is 4.31 Å². The summed E-state index contributed by atoms with van der Waals surface area (Å²) in [6.07, 6.45) is -0.0398. The lowest BCUT2D eigenvalue weighted by molar-refractivity contribution is -0.0208. The van der Waals surface area contributed by atoms with Crippen molar-refractivity contribution in [3.8, 4) is 0 Å². The minimum atomic E-state index is -3.36. The first-order valence-electron chi connectivity index (χ1n) is 5.98. The third-order valence-corrected chi connectivity index (χ3v) is 5.26. The molecule has 6 nitrogen and oxygen atoms in total. The summed E-state index contributed by atoms with van der Waals surface area (Å²) in [4.78, 5) is 0. The van der Waals surface area contributed by atoms with Gasteiger partial charge in [-0.25, -0.2) is 0 Å². The van der Waals surface area contributed by atoms with Gasteiger partial charge in [-0.05, 0) is 13.8 Å². The highest BCUT2D eigenvalue weighted by molar-refractivity contribution is 7.86. The molecule has 0 N–H and O–H groups in total. The molecule has 2 aliphatic heterocycles. The van der Waals surface area contributed by atoms with E-state index in [0.717, 1.165) is 0 Å². The molecule has 2 aliphatic rings. The Hall–Kier alpha value is -0.210. The zero-order valence-corrected chi connectivity index (χ0v) is 11.1. The Morgan fingerprint density at radius 3 is 2.47 bits per heavy atom.